The maximum absolute atomic E-state index is 13.0. The molecule has 0 spiro atoms. The third kappa shape index (κ3) is 4.52. The van der Waals surface area contributed by atoms with Gasteiger partial charge >= 0.3 is 0 Å². The van der Waals surface area contributed by atoms with Gasteiger partial charge in [-0.25, -0.2) is 4.90 Å². The van der Waals surface area contributed by atoms with Crippen LogP contribution in [-0.4, -0.2) is 17.7 Å². The number of hydrogen-bond acceptors (Lipinski definition) is 4. The quantitative estimate of drug-likeness (QED) is 0.507. The van der Waals surface area contributed by atoms with E-state index in [2.05, 4.69) is 10.6 Å². The number of para-hydroxylation sites is 1. The summed E-state index contributed by atoms with van der Waals surface area (Å²) in [5.41, 5.74) is 5.02. The predicted octanol–water partition coefficient (Wildman–Crippen LogP) is 5.30. The Morgan fingerprint density at radius 2 is 1.48 bits per heavy atom. The molecule has 0 aromatic heterocycles. The highest BCUT2D eigenvalue weighted by molar-refractivity contribution is 6.53. The van der Waals surface area contributed by atoms with Gasteiger partial charge in [0.05, 0.1) is 5.69 Å². The summed E-state index contributed by atoms with van der Waals surface area (Å²) >= 11 is 6.23. The highest BCUT2D eigenvalue weighted by atomic mass is 35.5. The number of imide groups is 1. The number of nitrogens with zero attached hydrogens (tertiary/aromatic N) is 1. The Morgan fingerprint density at radius 3 is 2.12 bits per heavy atom. The molecule has 0 saturated heterocycles. The zero-order valence-corrected chi connectivity index (χ0v) is 19.2. The first-order valence-electron chi connectivity index (χ1n) is 10.4. The molecule has 7 heteroatoms. The molecular weight excluding hydrogens is 438 g/mol. The Labute approximate surface area is 196 Å². The molecule has 4 rings (SSSR count). The Hall–Kier alpha value is -3.90. The van der Waals surface area contributed by atoms with E-state index in [0.29, 0.717) is 16.9 Å². The number of aryl methyl sites for hydroxylation is 3. The molecule has 0 aliphatic carbocycles. The number of halogens is 1. The van der Waals surface area contributed by atoms with E-state index >= 15 is 0 Å². The van der Waals surface area contributed by atoms with Crippen LogP contribution < -0.4 is 15.5 Å². The van der Waals surface area contributed by atoms with Gasteiger partial charge in [-0.2, -0.15) is 0 Å². The molecule has 0 bridgehead atoms. The first-order chi connectivity index (χ1) is 15.7. The van der Waals surface area contributed by atoms with Crippen molar-refractivity contribution in [3.63, 3.8) is 0 Å². The molecule has 166 valence electrons. The Bertz CT molecular complexity index is 1290. The number of nitrogens with one attached hydrogen (secondary N) is 2. The van der Waals surface area contributed by atoms with Crippen LogP contribution in [0.4, 0.5) is 17.1 Å². The molecule has 0 fully saturated rings. The summed E-state index contributed by atoms with van der Waals surface area (Å²) in [5.74, 6) is -1.36. The van der Waals surface area contributed by atoms with Gasteiger partial charge < -0.3 is 10.6 Å². The fourth-order valence-corrected chi connectivity index (χ4v) is 3.90. The number of anilines is 3. The number of amides is 3. The lowest BCUT2D eigenvalue weighted by Gasteiger charge is -2.16. The molecule has 1 aliphatic rings. The van der Waals surface area contributed by atoms with Gasteiger partial charge in [-0.3, -0.25) is 14.4 Å². The van der Waals surface area contributed by atoms with E-state index < -0.39 is 11.8 Å². The van der Waals surface area contributed by atoms with E-state index in [1.807, 2.05) is 51.1 Å². The monoisotopic (exact) mass is 459 g/mol. The molecule has 1 heterocycles. The van der Waals surface area contributed by atoms with E-state index in [4.69, 9.17) is 11.6 Å². The highest BCUT2D eigenvalue weighted by Crippen LogP contribution is 2.31. The van der Waals surface area contributed by atoms with Crippen LogP contribution in [0.15, 0.2) is 77.5 Å². The van der Waals surface area contributed by atoms with Crippen molar-refractivity contribution in [1.82, 2.24) is 0 Å². The number of carbonyl (C=O) groups is 3. The van der Waals surface area contributed by atoms with Crippen molar-refractivity contribution in [3.05, 3.63) is 99.7 Å². The van der Waals surface area contributed by atoms with E-state index in [9.17, 15) is 14.4 Å². The molecule has 0 unspecified atom stereocenters. The van der Waals surface area contributed by atoms with Crippen LogP contribution in [0.25, 0.3) is 0 Å². The molecule has 33 heavy (non-hydrogen) atoms. The second-order valence-electron chi connectivity index (χ2n) is 7.95. The van der Waals surface area contributed by atoms with Crippen molar-refractivity contribution in [3.8, 4) is 0 Å². The third-order valence-electron chi connectivity index (χ3n) is 5.30. The zero-order chi connectivity index (χ0) is 23.7. The summed E-state index contributed by atoms with van der Waals surface area (Å²) in [5, 5.41) is 5.63. The van der Waals surface area contributed by atoms with Gasteiger partial charge in [-0.1, -0.05) is 35.9 Å². The summed E-state index contributed by atoms with van der Waals surface area (Å²) in [7, 11) is 0. The molecule has 0 atom stereocenters. The fourth-order valence-electron chi connectivity index (χ4n) is 3.68. The molecule has 3 aromatic carbocycles. The zero-order valence-electron chi connectivity index (χ0n) is 18.4. The molecule has 0 saturated carbocycles. The van der Waals surface area contributed by atoms with Crippen molar-refractivity contribution in [2.24, 2.45) is 0 Å². The molecule has 1 aliphatic heterocycles. The van der Waals surface area contributed by atoms with Gasteiger partial charge in [0.2, 0.25) is 0 Å². The number of rotatable bonds is 5. The maximum Gasteiger partial charge on any atom is 0.283 e. The molecule has 6 nitrogen and oxygen atoms in total. The van der Waals surface area contributed by atoms with Crippen molar-refractivity contribution in [2.45, 2.75) is 20.8 Å². The lowest BCUT2D eigenvalue weighted by atomic mass is 10.1. The van der Waals surface area contributed by atoms with Gasteiger partial charge in [0.1, 0.15) is 10.7 Å². The fraction of sp³-hybridized carbons (Fsp3) is 0.115. The molecule has 0 radical (unpaired) electrons. The van der Waals surface area contributed by atoms with E-state index in [1.54, 1.807) is 36.4 Å². The van der Waals surface area contributed by atoms with Crippen molar-refractivity contribution >= 4 is 46.4 Å². The summed E-state index contributed by atoms with van der Waals surface area (Å²) in [6.45, 7) is 5.71. The van der Waals surface area contributed by atoms with Gasteiger partial charge in [-0.05, 0) is 79.9 Å². The second kappa shape index (κ2) is 8.92. The van der Waals surface area contributed by atoms with Gasteiger partial charge in [-0.15, -0.1) is 0 Å². The second-order valence-corrected chi connectivity index (χ2v) is 8.33. The van der Waals surface area contributed by atoms with Crippen LogP contribution >= 0.6 is 11.6 Å². The maximum atomic E-state index is 13.0. The third-order valence-corrected chi connectivity index (χ3v) is 5.65. The Balaban J connectivity index is 1.50. The van der Waals surface area contributed by atoms with Crippen LogP contribution in [0.3, 0.4) is 0 Å². The molecule has 2 N–H and O–H groups in total. The van der Waals surface area contributed by atoms with Gasteiger partial charge in [0.15, 0.2) is 0 Å². The van der Waals surface area contributed by atoms with Gasteiger partial charge in [0, 0.05) is 16.9 Å². The Morgan fingerprint density at radius 1 is 0.848 bits per heavy atom. The minimum absolute atomic E-state index is 0.00191. The van der Waals surface area contributed by atoms with E-state index in [1.165, 1.54) is 0 Å². The summed E-state index contributed by atoms with van der Waals surface area (Å²) in [4.78, 5) is 39.3. The number of hydrogen-bond donors (Lipinski definition) is 2. The lowest BCUT2D eigenvalue weighted by molar-refractivity contribution is -0.120. The standard InChI is InChI=1S/C26H22ClN3O3/c1-15-12-16(2)14-20(13-15)30-25(32)22(27)23(26(30)33)28-19-10-8-18(9-11-19)24(31)29-21-7-5-4-6-17(21)3/h4-14,28H,1-3H3,(H,29,31). The largest absolute Gasteiger partial charge is 0.350 e. The highest BCUT2D eigenvalue weighted by Gasteiger charge is 2.39. The molecule has 3 amide bonds. The lowest BCUT2D eigenvalue weighted by Crippen LogP contribution is -2.32. The normalized spacial score (nSPS) is 13.5. The minimum Gasteiger partial charge on any atom is -0.350 e. The van der Waals surface area contributed by atoms with Crippen LogP contribution in [0.5, 0.6) is 0 Å². The first kappa shape index (κ1) is 22.3. The van der Waals surface area contributed by atoms with Gasteiger partial charge in [0.25, 0.3) is 17.7 Å². The van der Waals surface area contributed by atoms with Crippen LogP contribution in [0, 0.1) is 20.8 Å². The smallest absolute Gasteiger partial charge is 0.283 e. The van der Waals surface area contributed by atoms with Crippen molar-refractivity contribution in [2.75, 3.05) is 15.5 Å². The van der Waals surface area contributed by atoms with E-state index in [0.717, 1.165) is 27.3 Å². The summed E-state index contributed by atoms with van der Waals surface area (Å²) < 4.78 is 0. The van der Waals surface area contributed by atoms with Crippen LogP contribution in [0.2, 0.25) is 0 Å². The van der Waals surface area contributed by atoms with Crippen molar-refractivity contribution < 1.29 is 14.4 Å². The average Bonchev–Trinajstić information content (AvgIpc) is 2.98. The summed E-state index contributed by atoms with van der Waals surface area (Å²) in [6.07, 6.45) is 0. The predicted molar refractivity (Wildman–Crippen MR) is 130 cm³/mol. The van der Waals surface area contributed by atoms with Crippen molar-refractivity contribution in [1.29, 1.82) is 0 Å². The van der Waals surface area contributed by atoms with Crippen LogP contribution in [-0.2, 0) is 9.59 Å². The summed E-state index contributed by atoms with van der Waals surface area (Å²) in [6, 6.07) is 19.6. The average molecular weight is 460 g/mol. The first-order valence-corrected chi connectivity index (χ1v) is 10.7. The topological polar surface area (TPSA) is 78.5 Å². The number of benzene rings is 3. The van der Waals surface area contributed by atoms with Crippen LogP contribution in [0.1, 0.15) is 27.0 Å². The van der Waals surface area contributed by atoms with E-state index in [-0.39, 0.29) is 16.6 Å². The SMILES string of the molecule is Cc1cc(C)cc(N2C(=O)C(Cl)=C(Nc3ccc(C(=O)Nc4ccccc4C)cc3)C2=O)c1. The molecule has 3 aromatic rings. The minimum atomic E-state index is -0.580. The number of carbonyl (C=O) groups excluding carboxylic acids is 3. The molecular formula is C26H22ClN3O3. The Kier molecular flexibility index (Phi) is 6.03.